The number of hydrogen-bond acceptors (Lipinski definition) is 1. The van der Waals surface area contributed by atoms with Crippen molar-refractivity contribution < 1.29 is 0 Å². The molecule has 3 heteroatoms. The SMILES string of the molecule is C(=C(c1ccc2c3ccccc3n(-c3ccccc3)c2c1)c1cccc2c1-c1ccccc1C21c2ccccc2-c2ccccc21)c1ccc2c(c1)c1ccc(-c3ccc4sc5ccccc5c4c3)cc1n2-c1cccc2ccccc12. The molecule has 16 aromatic rings. The Morgan fingerprint density at radius 1 is 0.341 bits per heavy atom. The largest absolute Gasteiger partial charge is 0.309 e. The highest BCUT2D eigenvalue weighted by molar-refractivity contribution is 7.25. The van der Waals surface area contributed by atoms with Crippen molar-refractivity contribution in [1.29, 1.82) is 0 Å². The first-order valence-corrected chi connectivity index (χ1v) is 29.2. The van der Waals surface area contributed by atoms with Crippen LogP contribution in [0.3, 0.4) is 0 Å². The summed E-state index contributed by atoms with van der Waals surface area (Å²) in [5, 5.41) is 9.96. The molecule has 3 heterocycles. The molecule has 2 aliphatic rings. The molecule has 2 aliphatic carbocycles. The summed E-state index contributed by atoms with van der Waals surface area (Å²) in [5.41, 5.74) is 24.2. The quantitative estimate of drug-likeness (QED) is 0.147. The molecule has 2 nitrogen and oxygen atoms in total. The van der Waals surface area contributed by atoms with Crippen LogP contribution in [0.15, 0.2) is 285 Å². The molecule has 3 aromatic heterocycles. The fourth-order valence-electron chi connectivity index (χ4n) is 14.7. The van der Waals surface area contributed by atoms with E-state index in [1.54, 1.807) is 0 Å². The summed E-state index contributed by atoms with van der Waals surface area (Å²) in [5.74, 6) is 0. The van der Waals surface area contributed by atoms with Crippen LogP contribution in [0.1, 0.15) is 38.9 Å². The van der Waals surface area contributed by atoms with Gasteiger partial charge in [-0.3, -0.25) is 0 Å². The summed E-state index contributed by atoms with van der Waals surface area (Å²) >= 11 is 1.87. The van der Waals surface area contributed by atoms with Crippen LogP contribution in [0.5, 0.6) is 0 Å². The lowest BCUT2D eigenvalue weighted by molar-refractivity contribution is 0.793. The monoisotopic (exact) mass is 1060 g/mol. The molecular formula is C79H48N2S. The smallest absolute Gasteiger partial charge is 0.0725 e. The second kappa shape index (κ2) is 17.3. The number of aromatic nitrogens is 2. The van der Waals surface area contributed by atoms with Crippen molar-refractivity contribution in [1.82, 2.24) is 9.13 Å². The third kappa shape index (κ3) is 6.34. The van der Waals surface area contributed by atoms with E-state index in [1.807, 2.05) is 11.3 Å². The average Bonchev–Trinajstić information content (AvgIpc) is 2.96. The Bertz CT molecular complexity index is 5360. The van der Waals surface area contributed by atoms with Crippen LogP contribution in [-0.2, 0) is 5.41 Å². The van der Waals surface area contributed by atoms with Gasteiger partial charge >= 0.3 is 0 Å². The minimum Gasteiger partial charge on any atom is -0.309 e. The molecule has 0 saturated heterocycles. The van der Waals surface area contributed by atoms with Crippen LogP contribution >= 0.6 is 11.3 Å². The second-order valence-electron chi connectivity index (χ2n) is 22.2. The van der Waals surface area contributed by atoms with E-state index in [0.29, 0.717) is 0 Å². The lowest BCUT2D eigenvalue weighted by Gasteiger charge is -2.30. The van der Waals surface area contributed by atoms with Gasteiger partial charge in [0.2, 0.25) is 0 Å². The molecule has 1 spiro atoms. The first-order valence-electron chi connectivity index (χ1n) is 28.4. The van der Waals surface area contributed by atoms with Gasteiger partial charge in [0.25, 0.3) is 0 Å². The van der Waals surface area contributed by atoms with Crippen LogP contribution < -0.4 is 0 Å². The molecule has 0 unspecified atom stereocenters. The van der Waals surface area contributed by atoms with E-state index in [0.717, 1.165) is 16.8 Å². The molecule has 0 amide bonds. The number of thiophene rings is 1. The Morgan fingerprint density at radius 3 is 1.77 bits per heavy atom. The van der Waals surface area contributed by atoms with Gasteiger partial charge in [-0.2, -0.15) is 0 Å². The summed E-state index contributed by atoms with van der Waals surface area (Å²) in [4.78, 5) is 0. The van der Waals surface area contributed by atoms with Crippen molar-refractivity contribution in [3.63, 3.8) is 0 Å². The van der Waals surface area contributed by atoms with E-state index in [1.165, 1.54) is 147 Å². The third-order valence-corrected chi connectivity index (χ3v) is 19.3. The lowest BCUT2D eigenvalue weighted by Crippen LogP contribution is -2.25. The number of hydrogen-bond donors (Lipinski definition) is 0. The van der Waals surface area contributed by atoms with Gasteiger partial charge in [0.15, 0.2) is 0 Å². The van der Waals surface area contributed by atoms with Gasteiger partial charge in [-0.05, 0) is 156 Å². The molecule has 0 fully saturated rings. The maximum Gasteiger partial charge on any atom is 0.0725 e. The summed E-state index contributed by atoms with van der Waals surface area (Å²) in [6.45, 7) is 0. The molecule has 0 radical (unpaired) electrons. The van der Waals surface area contributed by atoms with Crippen LogP contribution in [0.25, 0.3) is 131 Å². The molecule has 18 rings (SSSR count). The van der Waals surface area contributed by atoms with Gasteiger partial charge in [0.1, 0.15) is 0 Å². The Morgan fingerprint density at radius 2 is 0.927 bits per heavy atom. The van der Waals surface area contributed by atoms with Crippen molar-refractivity contribution in [2.75, 3.05) is 0 Å². The predicted molar refractivity (Wildman–Crippen MR) is 347 cm³/mol. The second-order valence-corrected chi connectivity index (χ2v) is 23.3. The first kappa shape index (κ1) is 45.5. The van der Waals surface area contributed by atoms with Gasteiger partial charge in [0.05, 0.1) is 33.2 Å². The topological polar surface area (TPSA) is 9.86 Å². The molecule has 0 N–H and O–H groups in total. The van der Waals surface area contributed by atoms with Gasteiger partial charge < -0.3 is 9.13 Å². The minimum absolute atomic E-state index is 0.478. The highest BCUT2D eigenvalue weighted by atomic mass is 32.1. The highest BCUT2D eigenvalue weighted by Crippen LogP contribution is 2.64. The zero-order valence-corrected chi connectivity index (χ0v) is 45.3. The molecule has 0 saturated carbocycles. The fraction of sp³-hybridized carbons (Fsp3) is 0.0127. The van der Waals surface area contributed by atoms with Crippen molar-refractivity contribution in [3.05, 3.63) is 324 Å². The highest BCUT2D eigenvalue weighted by Gasteiger charge is 2.52. The number of fused-ring (bicyclic) bond motifs is 20. The Balaban J connectivity index is 0.905. The van der Waals surface area contributed by atoms with E-state index < -0.39 is 5.41 Å². The third-order valence-electron chi connectivity index (χ3n) is 18.1. The lowest BCUT2D eigenvalue weighted by atomic mass is 9.70. The van der Waals surface area contributed by atoms with E-state index in [4.69, 9.17) is 0 Å². The number of para-hydroxylation sites is 2. The van der Waals surface area contributed by atoms with Gasteiger partial charge in [-0.15, -0.1) is 11.3 Å². The fourth-order valence-corrected chi connectivity index (χ4v) is 15.8. The zero-order valence-electron chi connectivity index (χ0n) is 44.5. The van der Waals surface area contributed by atoms with Gasteiger partial charge in [-0.1, -0.05) is 218 Å². The van der Waals surface area contributed by atoms with Crippen LogP contribution in [0.4, 0.5) is 0 Å². The van der Waals surface area contributed by atoms with Crippen molar-refractivity contribution in [3.8, 4) is 44.8 Å². The first-order chi connectivity index (χ1) is 40.7. The summed E-state index contributed by atoms with van der Waals surface area (Å²) in [6.07, 6.45) is 2.48. The molecule has 380 valence electrons. The minimum atomic E-state index is -0.478. The number of rotatable bonds is 6. The molecule has 82 heavy (non-hydrogen) atoms. The van der Waals surface area contributed by atoms with Crippen molar-refractivity contribution in [2.24, 2.45) is 0 Å². The summed E-state index contributed by atoms with van der Waals surface area (Å²) in [7, 11) is 0. The van der Waals surface area contributed by atoms with E-state index in [-0.39, 0.29) is 0 Å². The van der Waals surface area contributed by atoms with E-state index in [9.17, 15) is 0 Å². The predicted octanol–water partition coefficient (Wildman–Crippen LogP) is 21.0. The number of nitrogens with zero attached hydrogens (tertiary/aromatic N) is 2. The molecule has 13 aromatic carbocycles. The van der Waals surface area contributed by atoms with Crippen molar-refractivity contribution >= 4 is 97.5 Å². The normalized spacial score (nSPS) is 13.3. The molecule has 0 bridgehead atoms. The average molecular weight is 1060 g/mol. The van der Waals surface area contributed by atoms with Gasteiger partial charge in [-0.25, -0.2) is 0 Å². The Labute approximate surface area is 478 Å². The Kier molecular flexibility index (Phi) is 9.63. The zero-order chi connectivity index (χ0) is 53.6. The maximum absolute atomic E-state index is 2.51. The molecule has 0 aliphatic heterocycles. The van der Waals surface area contributed by atoms with E-state index >= 15 is 0 Å². The molecule has 0 atom stereocenters. The summed E-state index contributed by atoms with van der Waals surface area (Å²) < 4.78 is 7.59. The van der Waals surface area contributed by atoms with Crippen LogP contribution in [-0.4, -0.2) is 9.13 Å². The van der Waals surface area contributed by atoms with Crippen LogP contribution in [0, 0.1) is 0 Å². The Hall–Kier alpha value is -10.3. The standard InChI is InChI=1S/C79H48N2S/c1-2-20-54(21-3-1)80-72-33-14-9-25-58(72)59-41-38-53(48-74(59)80)64(62-28-17-32-70-78(62)63-27-8-13-31-69(63)79(70)67-29-11-6-23-56(67)57-24-7-12-30-68(57)79)44-49-36-42-73-65(45-49)60-40-37-52(51-39-43-77-66(46-51)61-26-10-15-35-76(61)82-77)47-75(60)81(73)71-34-16-19-50-18-4-5-22-55(50)71/h1-48H. The molecular weight excluding hydrogens is 1010 g/mol. The van der Waals surface area contributed by atoms with Gasteiger partial charge in [0, 0.05) is 52.8 Å². The van der Waals surface area contributed by atoms with Crippen molar-refractivity contribution in [2.45, 2.75) is 5.41 Å². The van der Waals surface area contributed by atoms with E-state index in [2.05, 4.69) is 300 Å². The summed E-state index contributed by atoms with van der Waals surface area (Å²) in [6, 6.07) is 107. The maximum atomic E-state index is 2.51. The van der Waals surface area contributed by atoms with Crippen LogP contribution in [0.2, 0.25) is 0 Å². The number of benzene rings is 13.